The summed E-state index contributed by atoms with van der Waals surface area (Å²) in [6.45, 7) is 2.12. The molecule has 0 aromatic carbocycles. The maximum Gasteiger partial charge on any atom is 0.121 e. The largest absolute Gasteiger partial charge is 0.464 e. The van der Waals surface area contributed by atoms with Crippen LogP contribution in [0.2, 0.25) is 0 Å². The summed E-state index contributed by atoms with van der Waals surface area (Å²) < 4.78 is 5.96. The molecular formula is C17H22N2O. The lowest BCUT2D eigenvalue weighted by Gasteiger charge is -2.30. The van der Waals surface area contributed by atoms with Gasteiger partial charge in [-0.25, -0.2) is 0 Å². The zero-order valence-corrected chi connectivity index (χ0v) is 12.2. The van der Waals surface area contributed by atoms with Gasteiger partial charge >= 0.3 is 0 Å². The zero-order valence-electron chi connectivity index (χ0n) is 12.2. The third-order valence-corrected chi connectivity index (χ3v) is 4.29. The molecule has 2 aromatic heterocycles. The molecule has 0 saturated heterocycles. The minimum Gasteiger partial charge on any atom is -0.464 e. The predicted octanol–water partition coefficient (Wildman–Crippen LogP) is 3.62. The summed E-state index contributed by atoms with van der Waals surface area (Å²) in [5, 5.41) is 3.43. The highest BCUT2D eigenvalue weighted by Crippen LogP contribution is 2.39. The number of hydrogen-bond donors (Lipinski definition) is 1. The molecule has 106 valence electrons. The van der Waals surface area contributed by atoms with Crippen LogP contribution in [-0.2, 0) is 12.8 Å². The number of aryl methyl sites for hydroxylation is 2. The first-order valence-electron chi connectivity index (χ1n) is 7.53. The molecule has 3 heteroatoms. The lowest BCUT2D eigenvalue weighted by molar-refractivity contribution is 0.342. The Balaban J connectivity index is 1.94. The molecule has 2 atom stereocenters. The third-order valence-electron chi connectivity index (χ3n) is 4.29. The quantitative estimate of drug-likeness (QED) is 0.922. The number of furan rings is 1. The molecule has 0 spiro atoms. The summed E-state index contributed by atoms with van der Waals surface area (Å²) in [5.41, 5.74) is 2.64. The summed E-state index contributed by atoms with van der Waals surface area (Å²) in [5.74, 6) is 2.49. The summed E-state index contributed by atoms with van der Waals surface area (Å²) in [7, 11) is 2.01. The summed E-state index contributed by atoms with van der Waals surface area (Å²) >= 11 is 0. The van der Waals surface area contributed by atoms with Crippen molar-refractivity contribution in [2.24, 2.45) is 0 Å². The molecule has 2 heterocycles. The number of likely N-dealkylation sites (N-methyl/N-ethyl adjacent to an activating group) is 1. The van der Waals surface area contributed by atoms with Gasteiger partial charge in [-0.1, -0.05) is 13.0 Å². The van der Waals surface area contributed by atoms with E-state index in [1.54, 1.807) is 0 Å². The van der Waals surface area contributed by atoms with E-state index in [4.69, 9.17) is 4.42 Å². The molecule has 1 N–H and O–H groups in total. The normalized spacial score (nSPS) is 19.6. The molecule has 0 radical (unpaired) electrons. The Morgan fingerprint density at radius 3 is 3.05 bits per heavy atom. The summed E-state index contributed by atoms with van der Waals surface area (Å²) in [6, 6.07) is 8.65. The molecule has 2 unspecified atom stereocenters. The second kappa shape index (κ2) is 5.80. The molecule has 2 aromatic rings. The van der Waals surface area contributed by atoms with Crippen LogP contribution in [0.4, 0.5) is 0 Å². The number of nitrogens with one attached hydrogen (secondary N) is 1. The molecule has 0 bridgehead atoms. The maximum atomic E-state index is 5.96. The van der Waals surface area contributed by atoms with Gasteiger partial charge in [0.25, 0.3) is 0 Å². The van der Waals surface area contributed by atoms with Crippen LogP contribution in [0.5, 0.6) is 0 Å². The van der Waals surface area contributed by atoms with Crippen molar-refractivity contribution in [1.82, 2.24) is 10.3 Å². The highest BCUT2D eigenvalue weighted by molar-refractivity contribution is 5.29. The van der Waals surface area contributed by atoms with Crippen molar-refractivity contribution in [3.8, 4) is 0 Å². The molecule has 0 saturated carbocycles. The fraction of sp³-hybridized carbons (Fsp3) is 0.471. The zero-order chi connectivity index (χ0) is 13.9. The first kappa shape index (κ1) is 13.4. The van der Waals surface area contributed by atoms with Gasteiger partial charge in [0.1, 0.15) is 11.5 Å². The Morgan fingerprint density at radius 2 is 2.30 bits per heavy atom. The molecule has 0 amide bonds. The fourth-order valence-electron chi connectivity index (χ4n) is 3.26. The standard InChI is InChI=1S/C17H22N2O/c1-3-13-9-10-15(20-13)17(18-2)14-8-4-6-12-7-5-11-19-16(12)14/h5,7,9-11,14,17-18H,3-4,6,8H2,1-2H3. The van der Waals surface area contributed by atoms with Crippen LogP contribution in [-0.4, -0.2) is 12.0 Å². The van der Waals surface area contributed by atoms with E-state index in [1.165, 1.54) is 17.7 Å². The number of hydrogen-bond acceptors (Lipinski definition) is 3. The maximum absolute atomic E-state index is 5.96. The number of pyridine rings is 1. The van der Waals surface area contributed by atoms with Gasteiger partial charge in [-0.2, -0.15) is 0 Å². The lowest BCUT2D eigenvalue weighted by atomic mass is 9.81. The Kier molecular flexibility index (Phi) is 3.88. The van der Waals surface area contributed by atoms with E-state index in [0.717, 1.165) is 30.8 Å². The van der Waals surface area contributed by atoms with Crippen LogP contribution in [0, 0.1) is 0 Å². The van der Waals surface area contributed by atoms with Gasteiger partial charge < -0.3 is 9.73 Å². The Morgan fingerprint density at radius 1 is 1.40 bits per heavy atom. The molecule has 1 aliphatic carbocycles. The number of nitrogens with zero attached hydrogens (tertiary/aromatic N) is 1. The third kappa shape index (κ3) is 2.38. The minimum absolute atomic E-state index is 0.212. The van der Waals surface area contributed by atoms with Crippen LogP contribution in [0.3, 0.4) is 0 Å². The number of fused-ring (bicyclic) bond motifs is 1. The van der Waals surface area contributed by atoms with Gasteiger partial charge in [-0.15, -0.1) is 0 Å². The van der Waals surface area contributed by atoms with E-state index in [0.29, 0.717) is 5.92 Å². The minimum atomic E-state index is 0.212. The molecule has 20 heavy (non-hydrogen) atoms. The second-order valence-corrected chi connectivity index (χ2v) is 5.47. The summed E-state index contributed by atoms with van der Waals surface area (Å²) in [6.07, 6.45) is 6.38. The van der Waals surface area contributed by atoms with Crippen LogP contribution < -0.4 is 5.32 Å². The van der Waals surface area contributed by atoms with Gasteiger partial charge in [-0.05, 0) is 50.1 Å². The molecule has 3 rings (SSSR count). The second-order valence-electron chi connectivity index (χ2n) is 5.47. The van der Waals surface area contributed by atoms with Crippen LogP contribution in [0.15, 0.2) is 34.9 Å². The smallest absolute Gasteiger partial charge is 0.121 e. The van der Waals surface area contributed by atoms with E-state index in [1.807, 2.05) is 19.3 Å². The number of aromatic nitrogens is 1. The Hall–Kier alpha value is -1.61. The molecule has 1 aliphatic rings. The van der Waals surface area contributed by atoms with Crippen molar-refractivity contribution >= 4 is 0 Å². The van der Waals surface area contributed by atoms with Crippen molar-refractivity contribution in [2.75, 3.05) is 7.05 Å². The Labute approximate surface area is 120 Å². The van der Waals surface area contributed by atoms with Gasteiger partial charge in [0, 0.05) is 24.2 Å². The van der Waals surface area contributed by atoms with Gasteiger partial charge in [-0.3, -0.25) is 4.98 Å². The number of rotatable bonds is 4. The topological polar surface area (TPSA) is 38.1 Å². The highest BCUT2D eigenvalue weighted by atomic mass is 16.3. The molecular weight excluding hydrogens is 248 g/mol. The van der Waals surface area contributed by atoms with Crippen molar-refractivity contribution in [3.63, 3.8) is 0 Å². The van der Waals surface area contributed by atoms with Crippen LogP contribution in [0.25, 0.3) is 0 Å². The van der Waals surface area contributed by atoms with Gasteiger partial charge in [0.2, 0.25) is 0 Å². The van der Waals surface area contributed by atoms with Crippen LogP contribution >= 0.6 is 0 Å². The van der Waals surface area contributed by atoms with E-state index < -0.39 is 0 Å². The van der Waals surface area contributed by atoms with Gasteiger partial charge in [0.05, 0.1) is 6.04 Å². The first-order valence-corrected chi connectivity index (χ1v) is 7.53. The van der Waals surface area contributed by atoms with E-state index in [-0.39, 0.29) is 6.04 Å². The average molecular weight is 270 g/mol. The average Bonchev–Trinajstić information content (AvgIpc) is 2.97. The van der Waals surface area contributed by atoms with Crippen molar-refractivity contribution in [2.45, 2.75) is 44.6 Å². The highest BCUT2D eigenvalue weighted by Gasteiger charge is 2.30. The van der Waals surface area contributed by atoms with E-state index in [9.17, 15) is 0 Å². The Bertz CT molecular complexity index is 576. The monoisotopic (exact) mass is 270 g/mol. The fourth-order valence-corrected chi connectivity index (χ4v) is 3.26. The van der Waals surface area contributed by atoms with E-state index in [2.05, 4.69) is 35.4 Å². The lowest BCUT2D eigenvalue weighted by Crippen LogP contribution is -2.27. The van der Waals surface area contributed by atoms with Gasteiger partial charge in [0.15, 0.2) is 0 Å². The molecule has 0 aliphatic heterocycles. The van der Waals surface area contributed by atoms with Crippen LogP contribution in [0.1, 0.15) is 54.5 Å². The molecule has 0 fully saturated rings. The predicted molar refractivity (Wildman–Crippen MR) is 79.8 cm³/mol. The van der Waals surface area contributed by atoms with Crippen molar-refractivity contribution in [3.05, 3.63) is 53.2 Å². The van der Waals surface area contributed by atoms with Crippen molar-refractivity contribution < 1.29 is 4.42 Å². The molecule has 3 nitrogen and oxygen atoms in total. The first-order chi connectivity index (χ1) is 9.83. The van der Waals surface area contributed by atoms with E-state index >= 15 is 0 Å². The summed E-state index contributed by atoms with van der Waals surface area (Å²) in [4.78, 5) is 4.64. The SMILES string of the molecule is CCc1ccc(C(NC)C2CCCc3cccnc32)o1. The van der Waals surface area contributed by atoms with Crippen molar-refractivity contribution in [1.29, 1.82) is 0 Å².